The smallest absolute Gasteiger partial charge is 0.147 e. The number of Topliss-reactive ketones (excluding diaryl/α,β-unsaturated/α-hetero) is 1. The third-order valence-corrected chi connectivity index (χ3v) is 6.87. The molecule has 7 atom stereocenters. The molecular weight excluding hydrogens is 306 g/mol. The molecule has 0 bridgehead atoms. The second-order valence-corrected chi connectivity index (χ2v) is 8.27. The van der Waals surface area contributed by atoms with Crippen LogP contribution in [0.3, 0.4) is 0 Å². The lowest BCUT2D eigenvalue weighted by Gasteiger charge is -2.50. The number of hydrogen-bond donors (Lipinski definition) is 4. The van der Waals surface area contributed by atoms with Crippen LogP contribution in [0.15, 0.2) is 0 Å². The molecule has 136 valence electrons. The number of aliphatic hydroxyl groups excluding tert-OH is 1. The first-order chi connectivity index (χ1) is 11.7. The van der Waals surface area contributed by atoms with Crippen LogP contribution in [-0.2, 0) is 9.53 Å². The molecule has 4 rings (SSSR count). The van der Waals surface area contributed by atoms with Crippen LogP contribution in [0.4, 0.5) is 0 Å². The highest BCUT2D eigenvalue weighted by Gasteiger charge is 2.51. The molecule has 0 aromatic carbocycles. The fourth-order valence-electron chi connectivity index (χ4n) is 5.37. The Morgan fingerprint density at radius 1 is 1.08 bits per heavy atom. The van der Waals surface area contributed by atoms with Crippen molar-refractivity contribution in [2.75, 3.05) is 13.2 Å². The van der Waals surface area contributed by atoms with Gasteiger partial charge in [-0.15, -0.1) is 0 Å². The van der Waals surface area contributed by atoms with Crippen molar-refractivity contribution in [3.05, 3.63) is 0 Å². The Balaban J connectivity index is 1.45. The lowest BCUT2D eigenvalue weighted by Crippen LogP contribution is -2.67. The number of fused-ring (bicyclic) bond motifs is 2. The van der Waals surface area contributed by atoms with Gasteiger partial charge in [-0.25, -0.2) is 0 Å². The molecule has 6 heteroatoms. The normalized spacial score (nSPS) is 47.1. The van der Waals surface area contributed by atoms with Gasteiger partial charge < -0.3 is 15.6 Å². The average molecular weight is 337 g/mol. The summed E-state index contributed by atoms with van der Waals surface area (Å²) in [6, 6.07) is 0. The molecule has 4 aliphatic rings. The number of ketones is 1. The Morgan fingerprint density at radius 3 is 2.58 bits per heavy atom. The van der Waals surface area contributed by atoms with Crippen molar-refractivity contribution < 1.29 is 14.6 Å². The average Bonchev–Trinajstić information content (AvgIpc) is 2.62. The number of carbonyl (C=O) groups excluding carboxylic acids is 1. The van der Waals surface area contributed by atoms with E-state index in [1.54, 1.807) is 0 Å². The van der Waals surface area contributed by atoms with Crippen LogP contribution in [0.5, 0.6) is 0 Å². The van der Waals surface area contributed by atoms with Crippen molar-refractivity contribution >= 4 is 5.78 Å². The van der Waals surface area contributed by atoms with Gasteiger partial charge in [0.05, 0.1) is 18.0 Å². The van der Waals surface area contributed by atoms with Gasteiger partial charge >= 0.3 is 0 Å². The lowest BCUT2D eigenvalue weighted by molar-refractivity contribution is -0.187. The van der Waals surface area contributed by atoms with E-state index in [4.69, 9.17) is 10.5 Å². The van der Waals surface area contributed by atoms with Gasteiger partial charge in [-0.3, -0.25) is 15.4 Å². The Morgan fingerprint density at radius 2 is 1.83 bits per heavy atom. The van der Waals surface area contributed by atoms with E-state index in [2.05, 4.69) is 10.6 Å². The SMILES string of the molecule is NC1NC2OC3NCC(C4CCCCC4)CC3C(=O)C2CC1CO. The predicted octanol–water partition coefficient (Wildman–Crippen LogP) is 0.547. The summed E-state index contributed by atoms with van der Waals surface area (Å²) >= 11 is 0. The number of carbonyl (C=O) groups is 1. The zero-order valence-corrected chi connectivity index (χ0v) is 14.3. The molecule has 7 unspecified atom stereocenters. The van der Waals surface area contributed by atoms with E-state index in [0.29, 0.717) is 18.1 Å². The van der Waals surface area contributed by atoms with Gasteiger partial charge in [-0.2, -0.15) is 0 Å². The molecule has 5 N–H and O–H groups in total. The minimum absolute atomic E-state index is 0.0156. The van der Waals surface area contributed by atoms with Gasteiger partial charge in [-0.1, -0.05) is 32.1 Å². The number of nitrogens with one attached hydrogen (secondary N) is 2. The van der Waals surface area contributed by atoms with Crippen molar-refractivity contribution in [3.63, 3.8) is 0 Å². The third kappa shape index (κ3) is 3.03. The van der Waals surface area contributed by atoms with Gasteiger partial charge in [0, 0.05) is 19.1 Å². The summed E-state index contributed by atoms with van der Waals surface area (Å²) in [5.74, 6) is 1.39. The Kier molecular flexibility index (Phi) is 4.93. The van der Waals surface area contributed by atoms with Crippen LogP contribution < -0.4 is 16.4 Å². The van der Waals surface area contributed by atoms with Crippen molar-refractivity contribution in [3.8, 4) is 0 Å². The van der Waals surface area contributed by atoms with E-state index >= 15 is 0 Å². The molecule has 6 nitrogen and oxygen atoms in total. The second kappa shape index (κ2) is 7.00. The summed E-state index contributed by atoms with van der Waals surface area (Å²) in [6.07, 6.45) is 7.46. The fraction of sp³-hybridized carbons (Fsp3) is 0.944. The molecule has 3 saturated heterocycles. The molecule has 4 fully saturated rings. The summed E-state index contributed by atoms with van der Waals surface area (Å²) in [5.41, 5.74) is 6.05. The van der Waals surface area contributed by atoms with Gasteiger partial charge in [-0.05, 0) is 24.7 Å². The maximum atomic E-state index is 13.1. The van der Waals surface area contributed by atoms with Crippen LogP contribution >= 0.6 is 0 Å². The molecule has 1 aliphatic carbocycles. The minimum atomic E-state index is -0.310. The predicted molar refractivity (Wildman–Crippen MR) is 89.6 cm³/mol. The number of nitrogens with two attached hydrogens (primary N) is 1. The molecule has 0 spiro atoms. The number of piperidine rings is 2. The van der Waals surface area contributed by atoms with E-state index < -0.39 is 0 Å². The molecule has 3 heterocycles. The van der Waals surface area contributed by atoms with Crippen molar-refractivity contribution in [1.29, 1.82) is 0 Å². The van der Waals surface area contributed by atoms with Crippen molar-refractivity contribution in [1.82, 2.24) is 10.6 Å². The molecule has 0 aromatic heterocycles. The van der Waals surface area contributed by atoms with Crippen LogP contribution in [0.1, 0.15) is 44.9 Å². The Hall–Kier alpha value is -0.530. The van der Waals surface area contributed by atoms with Gasteiger partial charge in [0.25, 0.3) is 0 Å². The number of hydrogen-bond acceptors (Lipinski definition) is 6. The molecular formula is C18H31N3O3. The first-order valence-electron chi connectivity index (χ1n) is 9.72. The third-order valence-electron chi connectivity index (χ3n) is 6.87. The molecule has 1 saturated carbocycles. The molecule has 0 radical (unpaired) electrons. The summed E-state index contributed by atoms with van der Waals surface area (Å²) < 4.78 is 6.16. The standard InChI is InChI=1S/C18H31N3O3/c19-16-12(9-22)7-14-15(23)13-6-11(10-4-2-1-3-5-10)8-20-17(13)24-18(14)21-16/h10-14,16-18,20-22H,1-9,19H2. The Labute approximate surface area is 143 Å². The number of ether oxygens (including phenoxy) is 1. The summed E-state index contributed by atoms with van der Waals surface area (Å²) in [7, 11) is 0. The van der Waals surface area contributed by atoms with Crippen LogP contribution in [0, 0.1) is 29.6 Å². The highest BCUT2D eigenvalue weighted by atomic mass is 16.5. The summed E-state index contributed by atoms with van der Waals surface area (Å²) in [4.78, 5) is 13.1. The second-order valence-electron chi connectivity index (χ2n) is 8.27. The summed E-state index contributed by atoms with van der Waals surface area (Å²) in [6.45, 7) is 0.976. The van der Waals surface area contributed by atoms with E-state index in [9.17, 15) is 9.90 Å². The highest BCUT2D eigenvalue weighted by Crippen LogP contribution is 2.41. The summed E-state index contributed by atoms with van der Waals surface area (Å²) in [5, 5.41) is 16.2. The van der Waals surface area contributed by atoms with Crippen LogP contribution in [-0.4, -0.2) is 42.7 Å². The van der Waals surface area contributed by atoms with Crippen LogP contribution in [0.2, 0.25) is 0 Å². The maximum absolute atomic E-state index is 13.1. The zero-order valence-electron chi connectivity index (χ0n) is 14.3. The quantitative estimate of drug-likeness (QED) is 0.587. The first kappa shape index (κ1) is 16.9. The van der Waals surface area contributed by atoms with Crippen molar-refractivity contribution in [2.24, 2.45) is 35.3 Å². The topological polar surface area (TPSA) is 96.6 Å². The Bertz CT molecular complexity index is 468. The lowest BCUT2D eigenvalue weighted by atomic mass is 9.70. The van der Waals surface area contributed by atoms with E-state index in [-0.39, 0.29) is 43.0 Å². The monoisotopic (exact) mass is 337 g/mol. The zero-order chi connectivity index (χ0) is 16.7. The van der Waals surface area contributed by atoms with E-state index in [1.165, 1.54) is 32.1 Å². The van der Waals surface area contributed by atoms with Crippen molar-refractivity contribution in [2.45, 2.75) is 63.6 Å². The highest BCUT2D eigenvalue weighted by molar-refractivity contribution is 5.85. The van der Waals surface area contributed by atoms with E-state index in [1.807, 2.05) is 0 Å². The van der Waals surface area contributed by atoms with Gasteiger partial charge in [0.15, 0.2) is 0 Å². The minimum Gasteiger partial charge on any atom is -0.396 e. The molecule has 0 aromatic rings. The van der Waals surface area contributed by atoms with Crippen LogP contribution in [0.25, 0.3) is 0 Å². The molecule has 0 amide bonds. The maximum Gasteiger partial charge on any atom is 0.147 e. The fourth-order valence-corrected chi connectivity index (χ4v) is 5.37. The number of aliphatic hydroxyl groups is 1. The largest absolute Gasteiger partial charge is 0.396 e. The van der Waals surface area contributed by atoms with Gasteiger partial charge in [0.2, 0.25) is 0 Å². The molecule has 24 heavy (non-hydrogen) atoms. The van der Waals surface area contributed by atoms with Gasteiger partial charge in [0.1, 0.15) is 18.2 Å². The van der Waals surface area contributed by atoms with E-state index in [0.717, 1.165) is 18.9 Å². The number of rotatable bonds is 2. The first-order valence-corrected chi connectivity index (χ1v) is 9.72. The molecule has 3 aliphatic heterocycles.